The van der Waals surface area contributed by atoms with Crippen molar-refractivity contribution in [3.8, 4) is 11.5 Å². The highest BCUT2D eigenvalue weighted by atomic mass is 16.5. The molecule has 0 spiro atoms. The van der Waals surface area contributed by atoms with E-state index in [-0.39, 0.29) is 0 Å². The van der Waals surface area contributed by atoms with Crippen LogP contribution < -0.4 is 14.8 Å². The van der Waals surface area contributed by atoms with Crippen molar-refractivity contribution in [1.82, 2.24) is 0 Å². The van der Waals surface area contributed by atoms with Gasteiger partial charge in [0.15, 0.2) is 0 Å². The Bertz CT molecular complexity index is 563. The third-order valence-electron chi connectivity index (χ3n) is 3.35. The maximum atomic E-state index is 5.50. The normalized spacial score (nSPS) is 12.7. The van der Waals surface area contributed by atoms with Crippen LogP contribution in [0.25, 0.3) is 0 Å². The quantitative estimate of drug-likeness (QED) is 0.909. The van der Waals surface area contributed by atoms with Crippen LogP contribution in [-0.2, 0) is 13.0 Å². The Morgan fingerprint density at radius 2 is 2.00 bits per heavy atom. The van der Waals surface area contributed by atoms with Crippen LogP contribution in [0.2, 0.25) is 0 Å². The van der Waals surface area contributed by atoms with Gasteiger partial charge < -0.3 is 14.8 Å². The molecule has 0 aromatic heterocycles. The van der Waals surface area contributed by atoms with E-state index >= 15 is 0 Å². The molecule has 1 aliphatic heterocycles. The number of hydrogen-bond acceptors (Lipinski definition) is 3. The lowest BCUT2D eigenvalue weighted by Crippen LogP contribution is -1.99. The fourth-order valence-corrected chi connectivity index (χ4v) is 2.24. The first-order valence-electron chi connectivity index (χ1n) is 6.48. The van der Waals surface area contributed by atoms with Crippen molar-refractivity contribution < 1.29 is 9.47 Å². The van der Waals surface area contributed by atoms with Crippen LogP contribution >= 0.6 is 0 Å². The Morgan fingerprint density at radius 3 is 2.79 bits per heavy atom. The van der Waals surface area contributed by atoms with Crippen LogP contribution in [0.4, 0.5) is 5.69 Å². The summed E-state index contributed by atoms with van der Waals surface area (Å²) in [5, 5.41) is 3.43. The van der Waals surface area contributed by atoms with Crippen molar-refractivity contribution in [2.24, 2.45) is 0 Å². The first-order valence-corrected chi connectivity index (χ1v) is 6.48. The fraction of sp³-hybridized carbons (Fsp3) is 0.250. The van der Waals surface area contributed by atoms with Crippen molar-refractivity contribution in [3.63, 3.8) is 0 Å². The average molecular weight is 255 g/mol. The Morgan fingerprint density at radius 1 is 1.16 bits per heavy atom. The molecular weight excluding hydrogens is 238 g/mol. The molecule has 0 aliphatic carbocycles. The third-order valence-corrected chi connectivity index (χ3v) is 3.35. The SMILES string of the molecule is COc1ccc(CNc2ccc3c(c2)CCO3)cc1. The first kappa shape index (κ1) is 11.9. The molecule has 0 bridgehead atoms. The summed E-state index contributed by atoms with van der Waals surface area (Å²) in [4.78, 5) is 0. The van der Waals surface area contributed by atoms with E-state index in [1.807, 2.05) is 18.2 Å². The topological polar surface area (TPSA) is 30.5 Å². The van der Waals surface area contributed by atoms with Crippen molar-refractivity contribution in [2.75, 3.05) is 19.0 Å². The van der Waals surface area contributed by atoms with E-state index in [4.69, 9.17) is 9.47 Å². The second kappa shape index (κ2) is 5.22. The summed E-state index contributed by atoms with van der Waals surface area (Å²) >= 11 is 0. The Balaban J connectivity index is 1.65. The van der Waals surface area contributed by atoms with Gasteiger partial charge in [0.25, 0.3) is 0 Å². The van der Waals surface area contributed by atoms with E-state index in [9.17, 15) is 0 Å². The molecule has 2 aromatic rings. The highest BCUT2D eigenvalue weighted by molar-refractivity contribution is 5.52. The molecule has 0 amide bonds. The fourth-order valence-electron chi connectivity index (χ4n) is 2.24. The van der Waals surface area contributed by atoms with Gasteiger partial charge in [0.2, 0.25) is 0 Å². The van der Waals surface area contributed by atoms with Gasteiger partial charge in [0.1, 0.15) is 11.5 Å². The lowest BCUT2D eigenvalue weighted by Gasteiger charge is -2.08. The zero-order valence-electron chi connectivity index (χ0n) is 11.0. The standard InChI is InChI=1S/C16H17NO2/c1-18-15-5-2-12(3-6-15)11-17-14-4-7-16-13(10-14)8-9-19-16/h2-7,10,17H,8-9,11H2,1H3. The molecule has 1 aliphatic rings. The smallest absolute Gasteiger partial charge is 0.122 e. The average Bonchev–Trinajstić information content (AvgIpc) is 2.93. The number of methoxy groups -OCH3 is 1. The lowest BCUT2D eigenvalue weighted by molar-refractivity contribution is 0.357. The molecule has 0 atom stereocenters. The lowest BCUT2D eigenvalue weighted by atomic mass is 10.1. The van der Waals surface area contributed by atoms with Gasteiger partial charge in [-0.1, -0.05) is 12.1 Å². The minimum absolute atomic E-state index is 0.803. The number of rotatable bonds is 4. The van der Waals surface area contributed by atoms with E-state index in [2.05, 4.69) is 29.6 Å². The number of anilines is 1. The number of fused-ring (bicyclic) bond motifs is 1. The molecule has 1 heterocycles. The Kier molecular flexibility index (Phi) is 3.27. The van der Waals surface area contributed by atoms with Crippen LogP contribution in [0.15, 0.2) is 42.5 Å². The molecule has 3 rings (SSSR count). The van der Waals surface area contributed by atoms with Crippen molar-refractivity contribution >= 4 is 5.69 Å². The van der Waals surface area contributed by atoms with Gasteiger partial charge >= 0.3 is 0 Å². The molecule has 0 radical (unpaired) electrons. The molecule has 0 fully saturated rings. The van der Waals surface area contributed by atoms with Crippen LogP contribution in [0.3, 0.4) is 0 Å². The molecular formula is C16H17NO2. The minimum Gasteiger partial charge on any atom is -0.497 e. The summed E-state index contributed by atoms with van der Waals surface area (Å²) < 4.78 is 10.6. The number of nitrogens with one attached hydrogen (secondary N) is 1. The molecule has 3 nitrogen and oxygen atoms in total. The molecule has 0 unspecified atom stereocenters. The number of benzene rings is 2. The van der Waals surface area contributed by atoms with Gasteiger partial charge in [-0.25, -0.2) is 0 Å². The van der Waals surface area contributed by atoms with Crippen LogP contribution in [0, 0.1) is 0 Å². The maximum Gasteiger partial charge on any atom is 0.122 e. The Hall–Kier alpha value is -2.16. The zero-order chi connectivity index (χ0) is 13.1. The number of hydrogen-bond donors (Lipinski definition) is 1. The summed E-state index contributed by atoms with van der Waals surface area (Å²) in [6.07, 6.45) is 1.01. The van der Waals surface area contributed by atoms with Gasteiger partial charge in [0.05, 0.1) is 13.7 Å². The third kappa shape index (κ3) is 2.65. The van der Waals surface area contributed by atoms with E-state index in [0.717, 1.165) is 36.8 Å². The van der Waals surface area contributed by atoms with E-state index in [1.54, 1.807) is 7.11 Å². The summed E-state index contributed by atoms with van der Waals surface area (Å²) in [5.41, 5.74) is 3.66. The van der Waals surface area contributed by atoms with Gasteiger partial charge in [0, 0.05) is 18.7 Å². The largest absolute Gasteiger partial charge is 0.497 e. The van der Waals surface area contributed by atoms with Crippen molar-refractivity contribution in [2.45, 2.75) is 13.0 Å². The molecule has 0 saturated carbocycles. The second-order valence-electron chi connectivity index (χ2n) is 4.62. The first-order chi connectivity index (χ1) is 9.35. The van der Waals surface area contributed by atoms with Crippen molar-refractivity contribution in [3.05, 3.63) is 53.6 Å². The van der Waals surface area contributed by atoms with Gasteiger partial charge in [-0.3, -0.25) is 0 Å². The van der Waals surface area contributed by atoms with E-state index < -0.39 is 0 Å². The van der Waals surface area contributed by atoms with Gasteiger partial charge in [-0.05, 0) is 41.5 Å². The predicted molar refractivity (Wildman–Crippen MR) is 76.0 cm³/mol. The van der Waals surface area contributed by atoms with Gasteiger partial charge in [-0.2, -0.15) is 0 Å². The molecule has 98 valence electrons. The summed E-state index contributed by atoms with van der Waals surface area (Å²) in [7, 11) is 1.68. The second-order valence-corrected chi connectivity index (χ2v) is 4.62. The summed E-state index contributed by atoms with van der Waals surface area (Å²) in [6, 6.07) is 14.4. The van der Waals surface area contributed by atoms with Crippen molar-refractivity contribution in [1.29, 1.82) is 0 Å². The Labute approximate surface area is 113 Å². The number of ether oxygens (including phenoxy) is 2. The monoisotopic (exact) mass is 255 g/mol. The molecule has 19 heavy (non-hydrogen) atoms. The molecule has 2 aromatic carbocycles. The summed E-state index contributed by atoms with van der Waals surface area (Å²) in [6.45, 7) is 1.61. The molecule has 1 N–H and O–H groups in total. The van der Waals surface area contributed by atoms with Crippen LogP contribution in [-0.4, -0.2) is 13.7 Å². The minimum atomic E-state index is 0.803. The molecule has 3 heteroatoms. The zero-order valence-corrected chi connectivity index (χ0v) is 11.0. The summed E-state index contributed by atoms with van der Waals surface area (Å²) in [5.74, 6) is 1.91. The predicted octanol–water partition coefficient (Wildman–Crippen LogP) is 3.24. The molecule has 0 saturated heterocycles. The van der Waals surface area contributed by atoms with Gasteiger partial charge in [-0.15, -0.1) is 0 Å². The van der Waals surface area contributed by atoms with Crippen LogP contribution in [0.1, 0.15) is 11.1 Å². The highest BCUT2D eigenvalue weighted by Crippen LogP contribution is 2.28. The van der Waals surface area contributed by atoms with E-state index in [0.29, 0.717) is 0 Å². The maximum absolute atomic E-state index is 5.50. The van der Waals surface area contributed by atoms with Crippen LogP contribution in [0.5, 0.6) is 11.5 Å². The highest BCUT2D eigenvalue weighted by Gasteiger charge is 2.11. The van der Waals surface area contributed by atoms with E-state index in [1.165, 1.54) is 11.1 Å².